The predicted octanol–water partition coefficient (Wildman–Crippen LogP) is 8.20. The van der Waals surface area contributed by atoms with E-state index in [0.29, 0.717) is 13.2 Å². The van der Waals surface area contributed by atoms with Gasteiger partial charge >= 0.3 is 6.09 Å². The van der Waals surface area contributed by atoms with E-state index in [0.717, 1.165) is 16.2 Å². The fraction of sp³-hybridized carbons (Fsp3) is 0.750. The topological polar surface area (TPSA) is 116 Å². The molecule has 2 saturated heterocycles. The van der Waals surface area contributed by atoms with Crippen molar-refractivity contribution in [2.24, 2.45) is 23.7 Å². The van der Waals surface area contributed by atoms with E-state index in [9.17, 15) is 14.7 Å². The molecule has 1 aromatic rings. The molecular formula is C40H69NO9Si2. The molecule has 8 atom stereocenters. The van der Waals surface area contributed by atoms with Crippen molar-refractivity contribution in [3.05, 3.63) is 42.5 Å². The van der Waals surface area contributed by atoms with Crippen molar-refractivity contribution in [1.29, 1.82) is 0 Å². The summed E-state index contributed by atoms with van der Waals surface area (Å²) < 4.78 is 37.6. The van der Waals surface area contributed by atoms with Crippen LogP contribution in [0.4, 0.5) is 4.79 Å². The average molecular weight is 764 g/mol. The van der Waals surface area contributed by atoms with Gasteiger partial charge < -0.3 is 32.9 Å². The Kier molecular flexibility index (Phi) is 14.3. The van der Waals surface area contributed by atoms with Gasteiger partial charge in [0.2, 0.25) is 5.91 Å². The van der Waals surface area contributed by atoms with Gasteiger partial charge in [0.05, 0.1) is 50.6 Å². The lowest BCUT2D eigenvalue weighted by molar-refractivity contribution is -0.139. The van der Waals surface area contributed by atoms with Crippen LogP contribution in [0.15, 0.2) is 36.9 Å². The highest BCUT2D eigenvalue weighted by Crippen LogP contribution is 2.51. The minimum atomic E-state index is -2.51. The number of hydrogen-bond donors (Lipinski definition) is 1. The van der Waals surface area contributed by atoms with Crippen LogP contribution in [0, 0.1) is 23.7 Å². The number of hydrogen-bond acceptors (Lipinski definition) is 9. The van der Waals surface area contributed by atoms with Crippen molar-refractivity contribution in [2.45, 2.75) is 142 Å². The molecule has 0 aliphatic carbocycles. The van der Waals surface area contributed by atoms with Crippen molar-refractivity contribution in [3.63, 3.8) is 0 Å². The Morgan fingerprint density at radius 2 is 1.62 bits per heavy atom. The summed E-state index contributed by atoms with van der Waals surface area (Å²) in [5.74, 6) is -1.59. The van der Waals surface area contributed by atoms with Crippen LogP contribution in [0.3, 0.4) is 0 Å². The molecule has 0 bridgehead atoms. The highest BCUT2D eigenvalue weighted by molar-refractivity contribution is 6.74. The summed E-state index contributed by atoms with van der Waals surface area (Å²) in [5.41, 5.74) is 0.224. The average Bonchev–Trinajstić information content (AvgIpc) is 3.58. The minimum absolute atomic E-state index is 0.00382. The summed E-state index contributed by atoms with van der Waals surface area (Å²) in [6, 6.07) is 7.37. The molecular weight excluding hydrogens is 695 g/mol. The molecule has 3 rings (SSSR count). The molecule has 0 saturated carbocycles. The van der Waals surface area contributed by atoms with E-state index in [2.05, 4.69) is 81.2 Å². The fourth-order valence-electron chi connectivity index (χ4n) is 6.32. The van der Waals surface area contributed by atoms with Gasteiger partial charge in [-0.1, -0.05) is 80.5 Å². The van der Waals surface area contributed by atoms with Crippen LogP contribution in [0.1, 0.15) is 74.8 Å². The molecule has 0 aromatic heterocycles. The van der Waals surface area contributed by atoms with E-state index in [4.69, 9.17) is 27.8 Å². The lowest BCUT2D eigenvalue weighted by atomic mass is 9.79. The number of ether oxygens (including phenoxy) is 4. The second-order valence-corrected chi connectivity index (χ2v) is 28.0. The van der Waals surface area contributed by atoms with Gasteiger partial charge in [-0.25, -0.2) is 9.69 Å². The quantitative estimate of drug-likeness (QED) is 0.0898. The molecule has 2 amide bonds. The fourth-order valence-corrected chi connectivity index (χ4v) is 8.76. The maximum Gasteiger partial charge on any atom is 0.417 e. The van der Waals surface area contributed by atoms with Crippen molar-refractivity contribution in [3.8, 4) is 5.75 Å². The van der Waals surface area contributed by atoms with E-state index in [1.54, 1.807) is 7.11 Å². The first-order valence-corrected chi connectivity index (χ1v) is 24.6. The van der Waals surface area contributed by atoms with Crippen LogP contribution in [-0.2, 0) is 34.5 Å². The van der Waals surface area contributed by atoms with Crippen LogP contribution in [0.2, 0.25) is 36.3 Å². The van der Waals surface area contributed by atoms with Gasteiger partial charge in [0.15, 0.2) is 16.6 Å². The third-order valence-electron chi connectivity index (χ3n) is 12.1. The maximum absolute atomic E-state index is 14.3. The lowest BCUT2D eigenvalue weighted by Gasteiger charge is -2.46. The normalized spacial score (nSPS) is 24.2. The third-order valence-corrected chi connectivity index (χ3v) is 21.1. The summed E-state index contributed by atoms with van der Waals surface area (Å²) in [5, 5.41) is 12.2. The van der Waals surface area contributed by atoms with Crippen LogP contribution in [0.5, 0.6) is 5.75 Å². The summed E-state index contributed by atoms with van der Waals surface area (Å²) in [7, 11) is -3.20. The highest BCUT2D eigenvalue weighted by Gasteiger charge is 2.65. The molecule has 0 spiro atoms. The van der Waals surface area contributed by atoms with E-state index >= 15 is 0 Å². The first-order chi connectivity index (χ1) is 23.8. The van der Waals surface area contributed by atoms with Crippen molar-refractivity contribution in [1.82, 2.24) is 4.90 Å². The number of aliphatic hydroxyl groups excluding tert-OH is 1. The third kappa shape index (κ3) is 9.97. The number of benzene rings is 1. The van der Waals surface area contributed by atoms with Crippen LogP contribution in [0.25, 0.3) is 0 Å². The molecule has 2 fully saturated rings. The summed E-state index contributed by atoms with van der Waals surface area (Å²) in [6.45, 7) is 34.9. The molecule has 1 aromatic carbocycles. The standard InChI is InChI=1S/C40H69NO9Si2/c1-17-30(36(43)41-32(26(2)3)25-47-37(41)44)33(42)31(24-48-51(13,14)38(5,6)7)35(50-52(15,16)39(8,9)10)40(11)34(49-40)27(4)22-46-23-28-18-20-29(45-12)21-19-28/h17-21,26-27,30-35,42H,1,22-25H2,2-16H3/t27-,30-,31-,32+,33-,34+,35-,40?/m0/s1. The molecule has 52 heavy (non-hydrogen) atoms. The van der Waals surface area contributed by atoms with E-state index in [1.807, 2.05) is 45.0 Å². The Balaban J connectivity index is 2.02. The lowest BCUT2D eigenvalue weighted by Crippen LogP contribution is -2.57. The van der Waals surface area contributed by atoms with Gasteiger partial charge in [-0.05, 0) is 66.8 Å². The van der Waals surface area contributed by atoms with E-state index < -0.39 is 64.3 Å². The molecule has 2 aliphatic rings. The number of imide groups is 1. The zero-order valence-electron chi connectivity index (χ0n) is 34.7. The molecule has 1 unspecified atom stereocenters. The van der Waals surface area contributed by atoms with Gasteiger partial charge in [0.1, 0.15) is 18.0 Å². The summed E-state index contributed by atoms with van der Waals surface area (Å²) in [4.78, 5) is 28.3. The Morgan fingerprint density at radius 1 is 1.04 bits per heavy atom. The Bertz CT molecular complexity index is 1370. The molecule has 0 radical (unpaired) electrons. The predicted molar refractivity (Wildman–Crippen MR) is 210 cm³/mol. The maximum atomic E-state index is 14.3. The molecule has 296 valence electrons. The van der Waals surface area contributed by atoms with Crippen LogP contribution >= 0.6 is 0 Å². The van der Waals surface area contributed by atoms with E-state index in [1.165, 1.54) is 6.08 Å². The molecule has 10 nitrogen and oxygen atoms in total. The second-order valence-electron chi connectivity index (χ2n) is 18.4. The first kappa shape index (κ1) is 44.3. The SMILES string of the molecule is C=C[C@H](C(=O)N1C(=O)OC[C@@H]1C(C)C)[C@H](O)[C@H](CO[Si](C)(C)C(C)(C)C)[C@H](O[Si](C)(C)C(C)(C)C)C1(C)O[C@@H]1[C@@H](C)COCc1ccc(OC)cc1. The summed E-state index contributed by atoms with van der Waals surface area (Å²) in [6.07, 6.45) is -1.44. The number of aliphatic hydroxyl groups is 1. The van der Waals surface area contributed by atoms with Crippen LogP contribution < -0.4 is 4.74 Å². The van der Waals surface area contributed by atoms with Crippen molar-refractivity contribution in [2.75, 3.05) is 26.9 Å². The van der Waals surface area contributed by atoms with Gasteiger partial charge in [-0.2, -0.15) is 0 Å². The molecule has 2 aliphatic heterocycles. The van der Waals surface area contributed by atoms with Crippen molar-refractivity contribution >= 4 is 28.6 Å². The Labute approximate surface area is 316 Å². The second kappa shape index (κ2) is 16.7. The number of cyclic esters (lactones) is 1. The molecule has 1 N–H and O–H groups in total. The first-order valence-electron chi connectivity index (χ1n) is 18.8. The number of epoxide rings is 1. The van der Waals surface area contributed by atoms with Gasteiger partial charge in [0.25, 0.3) is 0 Å². The monoisotopic (exact) mass is 763 g/mol. The number of nitrogens with zero attached hydrogens (tertiary/aromatic N) is 1. The van der Waals surface area contributed by atoms with Crippen molar-refractivity contribution < 1.29 is 42.5 Å². The number of amides is 2. The zero-order valence-corrected chi connectivity index (χ0v) is 36.7. The van der Waals surface area contributed by atoms with Gasteiger partial charge in [-0.15, -0.1) is 6.58 Å². The largest absolute Gasteiger partial charge is 0.497 e. The number of carbonyl (C=O) groups excluding carboxylic acids is 2. The van der Waals surface area contributed by atoms with Gasteiger partial charge in [0, 0.05) is 18.4 Å². The Morgan fingerprint density at radius 3 is 2.12 bits per heavy atom. The molecule has 2 heterocycles. The minimum Gasteiger partial charge on any atom is -0.497 e. The van der Waals surface area contributed by atoms with Gasteiger partial charge in [-0.3, -0.25) is 4.79 Å². The molecule has 12 heteroatoms. The number of methoxy groups -OCH3 is 1. The smallest absolute Gasteiger partial charge is 0.417 e. The van der Waals surface area contributed by atoms with Crippen LogP contribution in [-0.4, -0.2) is 95.5 Å². The summed E-state index contributed by atoms with van der Waals surface area (Å²) >= 11 is 0. The Hall–Kier alpha value is -2.07. The zero-order chi connectivity index (χ0) is 39.6. The number of rotatable bonds is 18. The number of carbonyl (C=O) groups is 2. The van der Waals surface area contributed by atoms with E-state index in [-0.39, 0.29) is 41.2 Å². The highest BCUT2D eigenvalue weighted by atomic mass is 28.4.